The van der Waals surface area contributed by atoms with Crippen LogP contribution in [-0.2, 0) is 6.54 Å². The van der Waals surface area contributed by atoms with Crippen molar-refractivity contribution in [3.05, 3.63) is 23.8 Å². The van der Waals surface area contributed by atoms with Crippen LogP contribution in [0.1, 0.15) is 25.8 Å². The Bertz CT molecular complexity index is 541. The van der Waals surface area contributed by atoms with Crippen LogP contribution >= 0.6 is 24.0 Å². The fraction of sp³-hybridized carbons (Fsp3) is 0.611. The van der Waals surface area contributed by atoms with E-state index in [1.165, 1.54) is 6.42 Å². The van der Waals surface area contributed by atoms with E-state index in [4.69, 9.17) is 9.47 Å². The molecule has 5 nitrogen and oxygen atoms in total. The molecular formula is C18H30IN3O2. The highest BCUT2D eigenvalue weighted by molar-refractivity contribution is 14.0. The van der Waals surface area contributed by atoms with Crippen LogP contribution in [0.2, 0.25) is 0 Å². The van der Waals surface area contributed by atoms with Crippen LogP contribution in [0.4, 0.5) is 0 Å². The summed E-state index contributed by atoms with van der Waals surface area (Å²) in [6.45, 7) is 7.41. The minimum Gasteiger partial charge on any atom is -0.497 e. The lowest BCUT2D eigenvalue weighted by Gasteiger charge is -2.37. The lowest BCUT2D eigenvalue weighted by molar-refractivity contribution is 0.208. The van der Waals surface area contributed by atoms with Gasteiger partial charge in [0.2, 0.25) is 0 Å². The summed E-state index contributed by atoms with van der Waals surface area (Å²) in [5, 5.41) is 3.46. The molecule has 0 aromatic heterocycles. The van der Waals surface area contributed by atoms with Crippen molar-refractivity contribution in [2.24, 2.45) is 16.8 Å². The summed E-state index contributed by atoms with van der Waals surface area (Å²) in [7, 11) is 5.19. The number of nitrogens with one attached hydrogen (secondary N) is 1. The van der Waals surface area contributed by atoms with Crippen molar-refractivity contribution in [3.63, 3.8) is 0 Å². The maximum absolute atomic E-state index is 5.46. The zero-order chi connectivity index (χ0) is 16.8. The van der Waals surface area contributed by atoms with Gasteiger partial charge in [-0.25, -0.2) is 0 Å². The van der Waals surface area contributed by atoms with Gasteiger partial charge in [-0.1, -0.05) is 13.8 Å². The molecule has 1 aliphatic rings. The molecule has 2 unspecified atom stereocenters. The number of nitrogens with zero attached hydrogens (tertiary/aromatic N) is 2. The maximum atomic E-state index is 5.46. The molecule has 1 saturated heterocycles. The van der Waals surface area contributed by atoms with E-state index in [9.17, 15) is 0 Å². The van der Waals surface area contributed by atoms with Gasteiger partial charge in [-0.15, -0.1) is 24.0 Å². The normalized spacial score (nSPS) is 21.0. The Hall–Kier alpha value is -1.18. The smallest absolute Gasteiger partial charge is 0.193 e. The molecule has 136 valence electrons. The molecule has 1 N–H and O–H groups in total. The van der Waals surface area contributed by atoms with E-state index in [0.717, 1.165) is 36.1 Å². The molecule has 24 heavy (non-hydrogen) atoms. The van der Waals surface area contributed by atoms with Crippen LogP contribution in [0, 0.1) is 11.8 Å². The fourth-order valence-corrected chi connectivity index (χ4v) is 3.34. The quantitative estimate of drug-likeness (QED) is 0.437. The molecular weight excluding hydrogens is 417 g/mol. The number of guanidine groups is 1. The lowest BCUT2D eigenvalue weighted by Crippen LogP contribution is -2.48. The van der Waals surface area contributed by atoms with Crippen LogP contribution in [0.15, 0.2) is 23.2 Å². The van der Waals surface area contributed by atoms with Gasteiger partial charge in [-0.3, -0.25) is 4.99 Å². The van der Waals surface area contributed by atoms with Gasteiger partial charge in [0.05, 0.1) is 14.2 Å². The Kier molecular flexibility index (Phi) is 8.66. The van der Waals surface area contributed by atoms with E-state index in [0.29, 0.717) is 18.4 Å². The molecule has 0 amide bonds. The summed E-state index contributed by atoms with van der Waals surface area (Å²) in [5.41, 5.74) is 1.09. The van der Waals surface area contributed by atoms with Gasteiger partial charge in [0.15, 0.2) is 5.96 Å². The first-order valence-electron chi connectivity index (χ1n) is 8.23. The summed E-state index contributed by atoms with van der Waals surface area (Å²) >= 11 is 0. The molecule has 2 rings (SSSR count). The molecule has 0 aliphatic carbocycles. The minimum atomic E-state index is 0. The fourth-order valence-electron chi connectivity index (χ4n) is 3.34. The number of aliphatic imine (C=N–C) groups is 1. The maximum Gasteiger partial charge on any atom is 0.193 e. The molecule has 2 atom stereocenters. The summed E-state index contributed by atoms with van der Waals surface area (Å²) in [6, 6.07) is 5.89. The number of likely N-dealkylation sites (tertiary alicyclic amines) is 1. The summed E-state index contributed by atoms with van der Waals surface area (Å²) < 4.78 is 10.7. The zero-order valence-electron chi connectivity index (χ0n) is 15.3. The van der Waals surface area contributed by atoms with Gasteiger partial charge in [-0.2, -0.15) is 0 Å². The predicted octanol–water partition coefficient (Wildman–Crippen LogP) is 3.38. The molecule has 1 aliphatic heterocycles. The van der Waals surface area contributed by atoms with Crippen molar-refractivity contribution >= 4 is 29.9 Å². The second-order valence-electron chi connectivity index (χ2n) is 6.43. The number of hydrogen-bond donors (Lipinski definition) is 1. The van der Waals surface area contributed by atoms with E-state index in [2.05, 4.69) is 29.1 Å². The van der Waals surface area contributed by atoms with E-state index >= 15 is 0 Å². The minimum absolute atomic E-state index is 0. The van der Waals surface area contributed by atoms with E-state index in [1.807, 2.05) is 25.2 Å². The molecule has 1 fully saturated rings. The SMILES string of the molecule is CN=C(NCc1ccc(OC)cc1OC)N1CC(C)CC(C)C1.I. The van der Waals surface area contributed by atoms with Crippen molar-refractivity contribution in [2.45, 2.75) is 26.8 Å². The lowest BCUT2D eigenvalue weighted by atomic mass is 9.92. The molecule has 0 saturated carbocycles. The van der Waals surface area contributed by atoms with Crippen molar-refractivity contribution in [3.8, 4) is 11.5 Å². The van der Waals surface area contributed by atoms with Crippen LogP contribution in [0.5, 0.6) is 11.5 Å². The van der Waals surface area contributed by atoms with Crippen molar-refractivity contribution in [2.75, 3.05) is 34.4 Å². The van der Waals surface area contributed by atoms with E-state index in [-0.39, 0.29) is 24.0 Å². The number of benzene rings is 1. The summed E-state index contributed by atoms with van der Waals surface area (Å²) in [6.07, 6.45) is 1.29. The molecule has 1 heterocycles. The standard InChI is InChI=1S/C18H29N3O2.HI/c1-13-8-14(2)12-21(11-13)18(19-3)20-10-15-6-7-16(22-4)9-17(15)23-5;/h6-7,9,13-14H,8,10-12H2,1-5H3,(H,19,20);1H. The number of halogens is 1. The van der Waals surface area contributed by atoms with Gasteiger partial charge in [-0.05, 0) is 30.4 Å². The third kappa shape index (κ3) is 5.43. The van der Waals surface area contributed by atoms with Gasteiger partial charge >= 0.3 is 0 Å². The Morgan fingerprint density at radius 2 is 1.88 bits per heavy atom. The number of piperidine rings is 1. The average molecular weight is 447 g/mol. The van der Waals surface area contributed by atoms with Gasteiger partial charge in [0.25, 0.3) is 0 Å². The Morgan fingerprint density at radius 3 is 2.42 bits per heavy atom. The van der Waals surface area contributed by atoms with Crippen molar-refractivity contribution in [1.29, 1.82) is 0 Å². The second kappa shape index (κ2) is 9.96. The number of rotatable bonds is 4. The first kappa shape index (κ1) is 20.9. The monoisotopic (exact) mass is 447 g/mol. The first-order chi connectivity index (χ1) is 11.1. The Labute approximate surface area is 162 Å². The highest BCUT2D eigenvalue weighted by Gasteiger charge is 2.24. The first-order valence-corrected chi connectivity index (χ1v) is 8.23. The van der Waals surface area contributed by atoms with Gasteiger partial charge in [0, 0.05) is 38.3 Å². The van der Waals surface area contributed by atoms with Gasteiger partial charge in [0.1, 0.15) is 11.5 Å². The molecule has 0 spiro atoms. The second-order valence-corrected chi connectivity index (χ2v) is 6.43. The number of hydrogen-bond acceptors (Lipinski definition) is 3. The third-order valence-electron chi connectivity index (χ3n) is 4.31. The molecule has 0 radical (unpaired) electrons. The number of methoxy groups -OCH3 is 2. The largest absolute Gasteiger partial charge is 0.497 e. The summed E-state index contributed by atoms with van der Waals surface area (Å²) in [4.78, 5) is 6.81. The highest BCUT2D eigenvalue weighted by atomic mass is 127. The Morgan fingerprint density at radius 1 is 1.21 bits per heavy atom. The average Bonchev–Trinajstić information content (AvgIpc) is 2.54. The summed E-state index contributed by atoms with van der Waals surface area (Å²) in [5.74, 6) is 3.99. The van der Waals surface area contributed by atoms with E-state index < -0.39 is 0 Å². The topological polar surface area (TPSA) is 46.1 Å². The van der Waals surface area contributed by atoms with Crippen LogP contribution < -0.4 is 14.8 Å². The van der Waals surface area contributed by atoms with Crippen LogP contribution in [0.25, 0.3) is 0 Å². The molecule has 1 aromatic rings. The zero-order valence-corrected chi connectivity index (χ0v) is 17.7. The van der Waals surface area contributed by atoms with Crippen molar-refractivity contribution in [1.82, 2.24) is 10.2 Å². The molecule has 6 heteroatoms. The van der Waals surface area contributed by atoms with E-state index in [1.54, 1.807) is 14.2 Å². The van der Waals surface area contributed by atoms with Crippen LogP contribution in [-0.4, -0.2) is 45.2 Å². The molecule has 1 aromatic carbocycles. The van der Waals surface area contributed by atoms with Crippen LogP contribution in [0.3, 0.4) is 0 Å². The highest BCUT2D eigenvalue weighted by Crippen LogP contribution is 2.25. The Balaban J connectivity index is 0.00000288. The van der Waals surface area contributed by atoms with Gasteiger partial charge < -0.3 is 19.7 Å². The van der Waals surface area contributed by atoms with Crippen molar-refractivity contribution < 1.29 is 9.47 Å². The number of ether oxygens (including phenoxy) is 2. The predicted molar refractivity (Wildman–Crippen MR) is 110 cm³/mol. The molecule has 0 bridgehead atoms. The third-order valence-corrected chi connectivity index (χ3v) is 4.31.